The quantitative estimate of drug-likeness (QED) is 0.860. The molecule has 0 aromatic carbocycles. The molecule has 1 aliphatic rings. The fourth-order valence-electron chi connectivity index (χ4n) is 2.47. The summed E-state index contributed by atoms with van der Waals surface area (Å²) in [6.07, 6.45) is 0.248. The van der Waals surface area contributed by atoms with Gasteiger partial charge in [-0.05, 0) is 19.1 Å². The van der Waals surface area contributed by atoms with E-state index in [0.717, 1.165) is 5.69 Å². The molecule has 0 radical (unpaired) electrons. The van der Waals surface area contributed by atoms with Gasteiger partial charge in [0.1, 0.15) is 5.69 Å². The van der Waals surface area contributed by atoms with E-state index in [1.165, 1.54) is 6.92 Å². The van der Waals surface area contributed by atoms with Gasteiger partial charge in [0, 0.05) is 51.8 Å². The van der Waals surface area contributed by atoms with Crippen molar-refractivity contribution in [2.75, 3.05) is 32.7 Å². The molecule has 124 valence electrons. The van der Waals surface area contributed by atoms with Crippen molar-refractivity contribution in [3.05, 3.63) is 29.6 Å². The lowest BCUT2D eigenvalue weighted by atomic mass is 10.2. The SMILES string of the molecule is CC(=O)N1CCN(C(=O)CCNC(=O)c2cccc(C)n2)CC1. The highest BCUT2D eigenvalue weighted by Gasteiger charge is 2.22. The molecule has 7 nitrogen and oxygen atoms in total. The van der Waals surface area contributed by atoms with Crippen molar-refractivity contribution < 1.29 is 14.4 Å². The predicted octanol–water partition coefficient (Wildman–Crippen LogP) is 0.201. The van der Waals surface area contributed by atoms with E-state index < -0.39 is 0 Å². The molecule has 0 saturated carbocycles. The van der Waals surface area contributed by atoms with Gasteiger partial charge in [0.25, 0.3) is 5.91 Å². The van der Waals surface area contributed by atoms with Crippen molar-refractivity contribution in [2.45, 2.75) is 20.3 Å². The van der Waals surface area contributed by atoms with Gasteiger partial charge in [-0.1, -0.05) is 6.07 Å². The fourth-order valence-corrected chi connectivity index (χ4v) is 2.47. The summed E-state index contributed by atoms with van der Waals surface area (Å²) in [5.41, 5.74) is 1.13. The highest BCUT2D eigenvalue weighted by atomic mass is 16.2. The first-order valence-electron chi connectivity index (χ1n) is 7.72. The van der Waals surface area contributed by atoms with Crippen LogP contribution < -0.4 is 5.32 Å². The van der Waals surface area contributed by atoms with Crippen molar-refractivity contribution >= 4 is 17.7 Å². The van der Waals surface area contributed by atoms with Crippen LogP contribution in [0.1, 0.15) is 29.5 Å². The number of aryl methyl sites for hydroxylation is 1. The Balaban J connectivity index is 1.73. The van der Waals surface area contributed by atoms with E-state index in [2.05, 4.69) is 10.3 Å². The molecular formula is C16H22N4O3. The molecule has 2 rings (SSSR count). The number of carbonyl (C=O) groups excluding carboxylic acids is 3. The molecule has 1 N–H and O–H groups in total. The van der Waals surface area contributed by atoms with E-state index in [-0.39, 0.29) is 30.7 Å². The van der Waals surface area contributed by atoms with Gasteiger partial charge in [-0.25, -0.2) is 4.98 Å². The first kappa shape index (κ1) is 16.9. The third-order valence-corrected chi connectivity index (χ3v) is 3.82. The normalized spacial score (nSPS) is 14.5. The van der Waals surface area contributed by atoms with Gasteiger partial charge in [0.05, 0.1) is 0 Å². The fraction of sp³-hybridized carbons (Fsp3) is 0.500. The van der Waals surface area contributed by atoms with Crippen molar-refractivity contribution in [1.82, 2.24) is 20.1 Å². The molecule has 0 atom stereocenters. The Kier molecular flexibility index (Phi) is 5.67. The van der Waals surface area contributed by atoms with E-state index in [1.54, 1.807) is 21.9 Å². The van der Waals surface area contributed by atoms with Gasteiger partial charge in [0.2, 0.25) is 11.8 Å². The smallest absolute Gasteiger partial charge is 0.269 e. The lowest BCUT2D eigenvalue weighted by molar-refractivity contribution is -0.138. The minimum absolute atomic E-state index is 0.00861. The molecule has 0 bridgehead atoms. The monoisotopic (exact) mass is 318 g/mol. The van der Waals surface area contributed by atoms with Gasteiger partial charge >= 0.3 is 0 Å². The topological polar surface area (TPSA) is 82.6 Å². The Morgan fingerprint density at radius 2 is 1.78 bits per heavy atom. The minimum Gasteiger partial charge on any atom is -0.350 e. The molecule has 1 aromatic heterocycles. The number of nitrogens with zero attached hydrogens (tertiary/aromatic N) is 3. The number of nitrogens with one attached hydrogen (secondary N) is 1. The number of amides is 3. The third kappa shape index (κ3) is 4.77. The van der Waals surface area contributed by atoms with Gasteiger partial charge in [-0.2, -0.15) is 0 Å². The number of aromatic nitrogens is 1. The molecule has 1 aromatic rings. The van der Waals surface area contributed by atoms with E-state index in [1.807, 2.05) is 13.0 Å². The second-order valence-corrected chi connectivity index (χ2v) is 5.56. The molecule has 23 heavy (non-hydrogen) atoms. The van der Waals surface area contributed by atoms with Gasteiger partial charge in [0.15, 0.2) is 0 Å². The Morgan fingerprint density at radius 3 is 2.39 bits per heavy atom. The van der Waals surface area contributed by atoms with E-state index >= 15 is 0 Å². The van der Waals surface area contributed by atoms with Crippen molar-refractivity contribution in [3.8, 4) is 0 Å². The molecular weight excluding hydrogens is 296 g/mol. The highest BCUT2D eigenvalue weighted by Crippen LogP contribution is 2.04. The molecule has 1 fully saturated rings. The van der Waals surface area contributed by atoms with Crippen molar-refractivity contribution in [1.29, 1.82) is 0 Å². The number of hydrogen-bond acceptors (Lipinski definition) is 4. The second-order valence-electron chi connectivity index (χ2n) is 5.56. The maximum atomic E-state index is 12.1. The number of carbonyl (C=O) groups is 3. The van der Waals surface area contributed by atoms with Crippen molar-refractivity contribution in [3.63, 3.8) is 0 Å². The number of pyridine rings is 1. The zero-order valence-electron chi connectivity index (χ0n) is 13.5. The van der Waals surface area contributed by atoms with Crippen LogP contribution in [-0.4, -0.2) is 65.2 Å². The van der Waals surface area contributed by atoms with Crippen LogP contribution in [0.15, 0.2) is 18.2 Å². The van der Waals surface area contributed by atoms with Crippen LogP contribution in [0.2, 0.25) is 0 Å². The molecule has 1 saturated heterocycles. The van der Waals surface area contributed by atoms with Crippen LogP contribution in [0, 0.1) is 6.92 Å². The van der Waals surface area contributed by atoms with Crippen LogP contribution in [0.3, 0.4) is 0 Å². The number of rotatable bonds is 4. The van der Waals surface area contributed by atoms with Crippen LogP contribution in [-0.2, 0) is 9.59 Å². The standard InChI is InChI=1S/C16H22N4O3/c1-12-4-3-5-14(18-12)16(23)17-7-6-15(22)20-10-8-19(9-11-20)13(2)21/h3-5H,6-11H2,1-2H3,(H,17,23). The summed E-state index contributed by atoms with van der Waals surface area (Å²) >= 11 is 0. The Hall–Kier alpha value is -2.44. The highest BCUT2D eigenvalue weighted by molar-refractivity contribution is 5.92. The van der Waals surface area contributed by atoms with Gasteiger partial charge in [-0.15, -0.1) is 0 Å². The predicted molar refractivity (Wildman–Crippen MR) is 84.8 cm³/mol. The lowest BCUT2D eigenvalue weighted by Crippen LogP contribution is -2.50. The minimum atomic E-state index is -0.275. The molecule has 0 spiro atoms. The summed E-state index contributed by atoms with van der Waals surface area (Å²) in [4.78, 5) is 42.9. The average molecular weight is 318 g/mol. The maximum Gasteiger partial charge on any atom is 0.269 e. The second kappa shape index (κ2) is 7.71. The van der Waals surface area contributed by atoms with Crippen LogP contribution in [0.5, 0.6) is 0 Å². The summed E-state index contributed by atoms with van der Waals surface area (Å²) in [5, 5.41) is 2.71. The molecule has 7 heteroatoms. The molecule has 1 aliphatic heterocycles. The first-order chi connectivity index (χ1) is 11.0. The van der Waals surface area contributed by atoms with E-state index in [9.17, 15) is 14.4 Å². The van der Waals surface area contributed by atoms with Crippen LogP contribution >= 0.6 is 0 Å². The largest absolute Gasteiger partial charge is 0.350 e. The van der Waals surface area contributed by atoms with Crippen LogP contribution in [0.4, 0.5) is 0 Å². The summed E-state index contributed by atoms with van der Waals surface area (Å²) in [6, 6.07) is 5.24. The number of piperazine rings is 1. The zero-order valence-corrected chi connectivity index (χ0v) is 13.5. The van der Waals surface area contributed by atoms with Crippen LogP contribution in [0.25, 0.3) is 0 Å². The van der Waals surface area contributed by atoms with Gasteiger partial charge < -0.3 is 15.1 Å². The Bertz CT molecular complexity index is 595. The van der Waals surface area contributed by atoms with E-state index in [0.29, 0.717) is 31.9 Å². The first-order valence-corrected chi connectivity index (χ1v) is 7.72. The van der Waals surface area contributed by atoms with Gasteiger partial charge in [-0.3, -0.25) is 14.4 Å². The zero-order chi connectivity index (χ0) is 16.8. The Morgan fingerprint density at radius 1 is 1.13 bits per heavy atom. The molecule has 2 heterocycles. The van der Waals surface area contributed by atoms with Crippen molar-refractivity contribution in [2.24, 2.45) is 0 Å². The lowest BCUT2D eigenvalue weighted by Gasteiger charge is -2.34. The molecule has 0 unspecified atom stereocenters. The average Bonchev–Trinajstić information content (AvgIpc) is 2.54. The molecule has 3 amide bonds. The Labute approximate surface area is 135 Å². The summed E-state index contributed by atoms with van der Waals surface area (Å²) in [6.45, 7) is 5.87. The summed E-state index contributed by atoms with van der Waals surface area (Å²) < 4.78 is 0. The number of hydrogen-bond donors (Lipinski definition) is 1. The summed E-state index contributed by atoms with van der Waals surface area (Å²) in [5.74, 6) is -0.247. The summed E-state index contributed by atoms with van der Waals surface area (Å²) in [7, 11) is 0. The third-order valence-electron chi connectivity index (χ3n) is 3.82. The maximum absolute atomic E-state index is 12.1. The molecule has 0 aliphatic carbocycles. The van der Waals surface area contributed by atoms with E-state index in [4.69, 9.17) is 0 Å².